The zero-order chi connectivity index (χ0) is 6.69. The van der Waals surface area contributed by atoms with Crippen LogP contribution in [-0.2, 0) is 6.54 Å². The summed E-state index contributed by atoms with van der Waals surface area (Å²) in [7, 11) is 0. The van der Waals surface area contributed by atoms with Crippen LogP contribution in [0.3, 0.4) is 0 Å². The molecule has 0 spiro atoms. The molecule has 0 bridgehead atoms. The Hall–Kier alpha value is 0.0319. The second-order valence-corrected chi connectivity index (χ2v) is 1.79. The van der Waals surface area contributed by atoms with Crippen LogP contribution in [0.25, 0.3) is 0 Å². The van der Waals surface area contributed by atoms with Crippen LogP contribution in [0, 0.1) is 44.6 Å². The number of benzene rings is 1. The molecule has 11 heavy (non-hydrogen) atoms. The average Bonchev–Trinajstić information content (AvgIpc) is 1.90. The van der Waals surface area contributed by atoms with Crippen molar-refractivity contribution in [1.82, 2.24) is 0 Å². The SMILES string of the molecule is NCc1c[c-]c(O)cc1.[CH3-].[U+2]. The second-order valence-electron chi connectivity index (χ2n) is 1.79. The summed E-state index contributed by atoms with van der Waals surface area (Å²) in [6, 6.07) is 7.64. The fourth-order valence-corrected chi connectivity index (χ4v) is 0.576. The average molecular weight is 375 g/mol. The van der Waals surface area contributed by atoms with E-state index in [0.717, 1.165) is 5.56 Å². The maximum atomic E-state index is 8.76. The first-order valence-electron chi connectivity index (χ1n) is 2.72. The number of hydrogen-bond donors (Lipinski definition) is 2. The predicted octanol–water partition coefficient (Wildman–Crippen LogP) is 1.10. The van der Waals surface area contributed by atoms with Crippen molar-refractivity contribution in [2.24, 2.45) is 5.73 Å². The van der Waals surface area contributed by atoms with E-state index in [4.69, 9.17) is 10.8 Å². The molecule has 3 N–H and O–H groups in total. The van der Waals surface area contributed by atoms with Gasteiger partial charge >= 0.3 is 31.1 Å². The molecule has 0 aliphatic carbocycles. The Bertz CT molecular complexity index is 186. The summed E-state index contributed by atoms with van der Waals surface area (Å²) < 4.78 is 0. The van der Waals surface area contributed by atoms with Gasteiger partial charge in [0.25, 0.3) is 0 Å². The van der Waals surface area contributed by atoms with Crippen LogP contribution in [0.2, 0.25) is 0 Å². The van der Waals surface area contributed by atoms with Crippen LogP contribution >= 0.6 is 0 Å². The summed E-state index contributed by atoms with van der Waals surface area (Å²) in [6.45, 7) is 0.497. The van der Waals surface area contributed by atoms with Gasteiger partial charge in [0.1, 0.15) is 0 Å². The Labute approximate surface area is 91.2 Å². The maximum absolute atomic E-state index is 8.76. The first-order valence-corrected chi connectivity index (χ1v) is 2.72. The minimum absolute atomic E-state index is 0. The topological polar surface area (TPSA) is 46.2 Å². The predicted molar refractivity (Wildman–Crippen MR) is 41.2 cm³/mol. The number of hydrogen-bond acceptors (Lipinski definition) is 2. The summed E-state index contributed by atoms with van der Waals surface area (Å²) in [6.07, 6.45) is 0. The third-order valence-corrected chi connectivity index (χ3v) is 1.10. The summed E-state index contributed by atoms with van der Waals surface area (Å²) in [4.78, 5) is 0. The zero-order valence-corrected chi connectivity index (χ0v) is 10.6. The van der Waals surface area contributed by atoms with Crippen LogP contribution in [0.5, 0.6) is 5.75 Å². The van der Waals surface area contributed by atoms with Crippen molar-refractivity contribution in [3.8, 4) is 5.75 Å². The third kappa shape index (κ3) is 4.47. The van der Waals surface area contributed by atoms with E-state index in [2.05, 4.69) is 6.07 Å². The monoisotopic (exact) mass is 375 g/mol. The Morgan fingerprint density at radius 3 is 2.45 bits per heavy atom. The van der Waals surface area contributed by atoms with Gasteiger partial charge in [-0.25, -0.2) is 0 Å². The van der Waals surface area contributed by atoms with E-state index in [1.807, 2.05) is 0 Å². The van der Waals surface area contributed by atoms with Crippen molar-refractivity contribution < 1.29 is 36.2 Å². The summed E-state index contributed by atoms with van der Waals surface area (Å²) >= 11 is 0. The largest absolute Gasteiger partial charge is 2.00 e. The molecule has 0 fully saturated rings. The van der Waals surface area contributed by atoms with Gasteiger partial charge in [0.15, 0.2) is 0 Å². The van der Waals surface area contributed by atoms with Gasteiger partial charge in [0.05, 0.1) is 0 Å². The van der Waals surface area contributed by atoms with Gasteiger partial charge in [-0.1, -0.05) is 0 Å². The molecule has 1 rings (SSSR count). The van der Waals surface area contributed by atoms with Crippen molar-refractivity contribution >= 4 is 0 Å². The van der Waals surface area contributed by atoms with E-state index in [0.29, 0.717) is 6.54 Å². The quantitative estimate of drug-likeness (QED) is 0.723. The Balaban J connectivity index is 0. The minimum Gasteiger partial charge on any atom is -0.534 e. The molecular weight excluding hydrogens is 364 g/mol. The van der Waals surface area contributed by atoms with E-state index < -0.39 is 0 Å². The normalized spacial score (nSPS) is 7.73. The first kappa shape index (κ1) is 13.6. The van der Waals surface area contributed by atoms with E-state index in [-0.39, 0.29) is 44.3 Å². The van der Waals surface area contributed by atoms with E-state index in [1.54, 1.807) is 18.2 Å². The minimum atomic E-state index is 0. The van der Waals surface area contributed by atoms with Crippen molar-refractivity contribution in [3.63, 3.8) is 0 Å². The molecule has 0 unspecified atom stereocenters. The Morgan fingerprint density at radius 1 is 1.45 bits per heavy atom. The molecule has 0 aliphatic heterocycles. The molecule has 0 aliphatic rings. The van der Waals surface area contributed by atoms with Gasteiger partial charge in [-0.05, 0) is 6.54 Å². The molecule has 0 amide bonds. The van der Waals surface area contributed by atoms with Crippen LogP contribution in [0.4, 0.5) is 0 Å². The molecule has 2 nitrogen and oxygen atoms in total. The number of nitrogens with two attached hydrogens (primary N) is 1. The van der Waals surface area contributed by atoms with E-state index in [9.17, 15) is 0 Å². The maximum Gasteiger partial charge on any atom is 2.00 e. The molecule has 58 valence electrons. The van der Waals surface area contributed by atoms with Gasteiger partial charge in [-0.2, -0.15) is 12.1 Å². The van der Waals surface area contributed by atoms with E-state index in [1.165, 1.54) is 0 Å². The fraction of sp³-hybridized carbons (Fsp3) is 0.125. The van der Waals surface area contributed by atoms with Crippen molar-refractivity contribution in [2.75, 3.05) is 0 Å². The third-order valence-electron chi connectivity index (χ3n) is 1.10. The smallest absolute Gasteiger partial charge is 0.534 e. The van der Waals surface area contributed by atoms with Crippen LogP contribution in [-0.4, -0.2) is 5.11 Å². The second kappa shape index (κ2) is 6.72. The molecule has 0 radical (unpaired) electrons. The summed E-state index contributed by atoms with van der Waals surface area (Å²) in [5.74, 6) is 0.159. The van der Waals surface area contributed by atoms with Gasteiger partial charge < -0.3 is 18.3 Å². The molecule has 0 saturated carbocycles. The molecule has 0 saturated heterocycles. The fourth-order valence-electron chi connectivity index (χ4n) is 0.576. The molecular formula is C8H11NOU. The number of phenolic OH excluding ortho intramolecular Hbond substituents is 1. The molecule has 0 atom stereocenters. The van der Waals surface area contributed by atoms with Gasteiger partial charge in [0.2, 0.25) is 0 Å². The van der Waals surface area contributed by atoms with Crippen molar-refractivity contribution in [1.29, 1.82) is 0 Å². The molecule has 0 heterocycles. The van der Waals surface area contributed by atoms with Crippen LogP contribution in [0.1, 0.15) is 5.56 Å². The van der Waals surface area contributed by atoms with Crippen molar-refractivity contribution in [2.45, 2.75) is 6.54 Å². The van der Waals surface area contributed by atoms with Gasteiger partial charge in [-0.3, -0.25) is 0 Å². The van der Waals surface area contributed by atoms with Crippen molar-refractivity contribution in [3.05, 3.63) is 37.3 Å². The first-order chi connectivity index (χ1) is 4.33. The Kier molecular flexibility index (Phi) is 8.32. The standard InChI is InChI=1S/C7H8NO.CH3.U/c8-5-6-1-3-7(9)4-2-6;;/h1-3,9H,5,8H2;1H3;/q2*-1;+2. The molecule has 3 heteroatoms. The Morgan fingerprint density at radius 2 is 2.09 bits per heavy atom. The van der Waals surface area contributed by atoms with Gasteiger partial charge in [-0.15, -0.1) is 17.7 Å². The number of rotatable bonds is 1. The van der Waals surface area contributed by atoms with Gasteiger partial charge in [0, 0.05) is 5.75 Å². The molecule has 1 aromatic carbocycles. The number of phenols is 1. The summed E-state index contributed by atoms with van der Waals surface area (Å²) in [5, 5.41) is 8.76. The van der Waals surface area contributed by atoms with Crippen LogP contribution < -0.4 is 5.73 Å². The van der Waals surface area contributed by atoms with Crippen LogP contribution in [0.15, 0.2) is 18.2 Å². The molecule has 0 aromatic heterocycles. The molecule has 1 aromatic rings. The summed E-state index contributed by atoms with van der Waals surface area (Å²) in [5.41, 5.74) is 6.28. The zero-order valence-electron chi connectivity index (χ0n) is 6.46. The van der Waals surface area contributed by atoms with E-state index >= 15 is 0 Å². The number of aromatic hydroxyl groups is 1.